The molecule has 0 bridgehead atoms. The Kier molecular flexibility index (Phi) is 9.41. The average molecular weight is 316 g/mol. The van der Waals surface area contributed by atoms with E-state index in [-0.39, 0.29) is 5.97 Å². The summed E-state index contributed by atoms with van der Waals surface area (Å²) in [5.74, 6) is 2.82. The second-order valence-electron chi connectivity index (χ2n) is 6.09. The van der Waals surface area contributed by atoms with Gasteiger partial charge in [0.1, 0.15) is 5.54 Å². The highest BCUT2D eigenvalue weighted by atomic mass is 32.2. The van der Waals surface area contributed by atoms with Gasteiger partial charge in [0, 0.05) is 0 Å². The summed E-state index contributed by atoms with van der Waals surface area (Å²) in [5, 5.41) is 3.52. The number of esters is 1. The van der Waals surface area contributed by atoms with Crippen LogP contribution < -0.4 is 5.32 Å². The molecule has 124 valence electrons. The van der Waals surface area contributed by atoms with Crippen LogP contribution in [0.4, 0.5) is 0 Å². The van der Waals surface area contributed by atoms with Gasteiger partial charge < -0.3 is 10.1 Å². The maximum Gasteiger partial charge on any atom is 0.326 e. The normalized spacial score (nSPS) is 25.2. The number of carbonyl (C=O) groups excluding carboxylic acids is 1. The first-order valence-electron chi connectivity index (χ1n) is 8.62. The molecule has 0 saturated heterocycles. The van der Waals surface area contributed by atoms with Crippen molar-refractivity contribution >= 4 is 17.7 Å². The van der Waals surface area contributed by atoms with Crippen LogP contribution in [0.1, 0.15) is 65.2 Å². The molecule has 0 heterocycles. The highest BCUT2D eigenvalue weighted by Crippen LogP contribution is 2.39. The number of methoxy groups -OCH3 is 1. The smallest absolute Gasteiger partial charge is 0.326 e. The molecule has 2 atom stereocenters. The van der Waals surface area contributed by atoms with Crippen molar-refractivity contribution in [3.63, 3.8) is 0 Å². The standard InChI is InChI=1S/C17H33NO2S/c1-4-6-7-13-21-14-10-15-9-8-11-17(15,16(19)20-3)18-12-5-2/h15,18H,4-14H2,1-3H3. The molecule has 1 aliphatic carbocycles. The summed E-state index contributed by atoms with van der Waals surface area (Å²) in [4.78, 5) is 12.3. The zero-order valence-corrected chi connectivity index (χ0v) is 14.9. The molecule has 0 amide bonds. The third-order valence-corrected chi connectivity index (χ3v) is 5.67. The van der Waals surface area contributed by atoms with Gasteiger partial charge in [-0.3, -0.25) is 4.79 Å². The van der Waals surface area contributed by atoms with Crippen molar-refractivity contribution in [1.29, 1.82) is 0 Å². The molecule has 1 aliphatic rings. The second kappa shape index (κ2) is 10.5. The maximum atomic E-state index is 12.3. The van der Waals surface area contributed by atoms with Crippen LogP contribution in [0.2, 0.25) is 0 Å². The molecule has 0 aromatic rings. The van der Waals surface area contributed by atoms with Gasteiger partial charge in [0.2, 0.25) is 0 Å². The third kappa shape index (κ3) is 5.48. The van der Waals surface area contributed by atoms with Crippen molar-refractivity contribution < 1.29 is 9.53 Å². The fourth-order valence-corrected chi connectivity index (χ4v) is 4.42. The first-order chi connectivity index (χ1) is 10.2. The summed E-state index contributed by atoms with van der Waals surface area (Å²) in [6.07, 6.45) is 9.35. The van der Waals surface area contributed by atoms with Gasteiger partial charge in [-0.25, -0.2) is 0 Å². The molecular weight excluding hydrogens is 282 g/mol. The molecule has 1 fully saturated rings. The van der Waals surface area contributed by atoms with Crippen LogP contribution in [0.5, 0.6) is 0 Å². The molecule has 0 aliphatic heterocycles. The molecule has 1 saturated carbocycles. The number of carbonyl (C=O) groups is 1. The topological polar surface area (TPSA) is 38.3 Å². The lowest BCUT2D eigenvalue weighted by molar-refractivity contribution is -0.150. The zero-order valence-electron chi connectivity index (χ0n) is 14.1. The molecular formula is C17H33NO2S. The first kappa shape index (κ1) is 18.8. The second-order valence-corrected chi connectivity index (χ2v) is 7.31. The molecule has 4 heteroatoms. The Labute approximate surface area is 135 Å². The summed E-state index contributed by atoms with van der Waals surface area (Å²) < 4.78 is 5.12. The third-order valence-electron chi connectivity index (χ3n) is 4.56. The lowest BCUT2D eigenvalue weighted by Gasteiger charge is -2.34. The number of unbranched alkanes of at least 4 members (excludes halogenated alkanes) is 2. The highest BCUT2D eigenvalue weighted by molar-refractivity contribution is 7.99. The van der Waals surface area contributed by atoms with Crippen molar-refractivity contribution in [2.45, 2.75) is 70.8 Å². The average Bonchev–Trinajstić information content (AvgIpc) is 2.92. The minimum Gasteiger partial charge on any atom is -0.468 e. The van der Waals surface area contributed by atoms with Crippen LogP contribution in [0.3, 0.4) is 0 Å². The van der Waals surface area contributed by atoms with Gasteiger partial charge in [-0.1, -0.05) is 33.1 Å². The van der Waals surface area contributed by atoms with Gasteiger partial charge in [0.15, 0.2) is 0 Å². The Morgan fingerprint density at radius 2 is 2.10 bits per heavy atom. The van der Waals surface area contributed by atoms with Crippen LogP contribution in [-0.2, 0) is 9.53 Å². The van der Waals surface area contributed by atoms with E-state index in [0.717, 1.165) is 38.6 Å². The monoisotopic (exact) mass is 315 g/mol. The molecule has 0 spiro atoms. The Hall–Kier alpha value is -0.220. The molecule has 3 nitrogen and oxygen atoms in total. The van der Waals surface area contributed by atoms with Gasteiger partial charge in [-0.05, 0) is 56.1 Å². The van der Waals surface area contributed by atoms with Crippen molar-refractivity contribution in [3.8, 4) is 0 Å². The molecule has 0 aromatic carbocycles. The van der Waals surface area contributed by atoms with E-state index in [1.165, 1.54) is 37.9 Å². The number of rotatable bonds is 11. The van der Waals surface area contributed by atoms with Gasteiger partial charge in [-0.15, -0.1) is 0 Å². The van der Waals surface area contributed by atoms with Gasteiger partial charge in [-0.2, -0.15) is 11.8 Å². The minimum absolute atomic E-state index is 0.0468. The molecule has 1 rings (SSSR count). The summed E-state index contributed by atoms with van der Waals surface area (Å²) in [6, 6.07) is 0. The molecule has 21 heavy (non-hydrogen) atoms. The first-order valence-corrected chi connectivity index (χ1v) is 9.78. The van der Waals surface area contributed by atoms with E-state index in [1.807, 2.05) is 11.8 Å². The van der Waals surface area contributed by atoms with Gasteiger partial charge >= 0.3 is 5.97 Å². The Bertz CT molecular complexity index is 299. The van der Waals surface area contributed by atoms with Gasteiger partial charge in [0.05, 0.1) is 7.11 Å². The zero-order chi connectivity index (χ0) is 15.6. The van der Waals surface area contributed by atoms with Crippen LogP contribution in [-0.4, -0.2) is 36.7 Å². The Balaban J connectivity index is 2.47. The maximum absolute atomic E-state index is 12.3. The minimum atomic E-state index is -0.408. The van der Waals surface area contributed by atoms with Gasteiger partial charge in [0.25, 0.3) is 0 Å². The molecule has 1 N–H and O–H groups in total. The van der Waals surface area contributed by atoms with Crippen molar-refractivity contribution in [3.05, 3.63) is 0 Å². The number of thioether (sulfide) groups is 1. The summed E-state index contributed by atoms with van der Waals surface area (Å²) >= 11 is 2.04. The lowest BCUT2D eigenvalue weighted by Crippen LogP contribution is -2.55. The molecule has 0 radical (unpaired) electrons. The number of ether oxygens (including phenoxy) is 1. The predicted molar refractivity (Wildman–Crippen MR) is 91.8 cm³/mol. The van der Waals surface area contributed by atoms with Crippen molar-refractivity contribution in [1.82, 2.24) is 5.32 Å². The van der Waals surface area contributed by atoms with Crippen molar-refractivity contribution in [2.24, 2.45) is 5.92 Å². The van der Waals surface area contributed by atoms with E-state index in [9.17, 15) is 4.79 Å². The molecule has 0 aromatic heterocycles. The fraction of sp³-hybridized carbons (Fsp3) is 0.941. The van der Waals surface area contributed by atoms with Crippen LogP contribution in [0.25, 0.3) is 0 Å². The van der Waals surface area contributed by atoms with Crippen LogP contribution in [0, 0.1) is 5.92 Å². The fourth-order valence-electron chi connectivity index (χ4n) is 3.35. The largest absolute Gasteiger partial charge is 0.468 e. The van der Waals surface area contributed by atoms with E-state index in [2.05, 4.69) is 19.2 Å². The Morgan fingerprint density at radius 1 is 1.29 bits per heavy atom. The van der Waals surface area contributed by atoms with E-state index in [0.29, 0.717) is 5.92 Å². The quantitative estimate of drug-likeness (QED) is 0.462. The predicted octanol–water partition coefficient (Wildman–Crippen LogP) is 4.01. The SMILES string of the molecule is CCCCCSCCC1CCCC1(NCCC)C(=O)OC. The number of nitrogens with one attached hydrogen (secondary N) is 1. The van der Waals surface area contributed by atoms with E-state index < -0.39 is 5.54 Å². The Morgan fingerprint density at radius 3 is 2.76 bits per heavy atom. The highest BCUT2D eigenvalue weighted by Gasteiger charge is 2.48. The van der Waals surface area contributed by atoms with E-state index >= 15 is 0 Å². The van der Waals surface area contributed by atoms with Crippen molar-refractivity contribution in [2.75, 3.05) is 25.2 Å². The summed E-state index contributed by atoms with van der Waals surface area (Å²) in [5.41, 5.74) is -0.408. The van der Waals surface area contributed by atoms with E-state index in [4.69, 9.17) is 4.74 Å². The molecule has 2 unspecified atom stereocenters. The number of hydrogen-bond acceptors (Lipinski definition) is 4. The van der Waals surface area contributed by atoms with E-state index in [1.54, 1.807) is 0 Å². The number of hydrogen-bond donors (Lipinski definition) is 1. The van der Waals surface area contributed by atoms with Crippen LogP contribution >= 0.6 is 11.8 Å². The lowest BCUT2D eigenvalue weighted by atomic mass is 9.85. The van der Waals surface area contributed by atoms with Crippen LogP contribution in [0.15, 0.2) is 0 Å². The summed E-state index contributed by atoms with van der Waals surface area (Å²) in [7, 11) is 1.52. The summed E-state index contributed by atoms with van der Waals surface area (Å²) in [6.45, 7) is 5.29.